The number of hydrogen-bond acceptors (Lipinski definition) is 1. The van der Waals surface area contributed by atoms with E-state index in [0.29, 0.717) is 0 Å². The van der Waals surface area contributed by atoms with E-state index >= 15 is 0 Å². The topological polar surface area (TPSA) is 12.9 Å². The van der Waals surface area contributed by atoms with Gasteiger partial charge in [0.15, 0.2) is 0 Å². The Balaban J connectivity index is 0.000000396. The highest BCUT2D eigenvalue weighted by Crippen LogP contribution is 2.16. The van der Waals surface area contributed by atoms with Crippen LogP contribution in [-0.2, 0) is 0 Å². The second-order valence-corrected chi connectivity index (χ2v) is 3.26. The summed E-state index contributed by atoms with van der Waals surface area (Å²) in [5, 5.41) is 1.17. The minimum atomic E-state index is 1.04. The standard InChI is InChI=1S/C9H6BrN.C2H6/c10-8-3-4-9-7(6-8)2-1-5-11-9;1-2/h1-6H;1-2H3. The van der Waals surface area contributed by atoms with Crippen LogP contribution < -0.4 is 0 Å². The van der Waals surface area contributed by atoms with Crippen molar-refractivity contribution < 1.29 is 0 Å². The highest BCUT2D eigenvalue weighted by atomic mass is 79.9. The molecule has 0 bridgehead atoms. The third-order valence-corrected chi connectivity index (χ3v) is 2.06. The lowest BCUT2D eigenvalue weighted by Gasteiger charge is -1.94. The third-order valence-electron chi connectivity index (χ3n) is 1.57. The Morgan fingerprint density at radius 3 is 2.69 bits per heavy atom. The maximum absolute atomic E-state index is 4.20. The number of fused-ring (bicyclic) bond motifs is 1. The minimum Gasteiger partial charge on any atom is -0.256 e. The Hall–Kier alpha value is -0.890. The summed E-state index contributed by atoms with van der Waals surface area (Å²) in [6.45, 7) is 4.00. The van der Waals surface area contributed by atoms with Crippen LogP contribution in [-0.4, -0.2) is 4.98 Å². The molecule has 0 atom stereocenters. The van der Waals surface area contributed by atoms with Crippen LogP contribution in [0.25, 0.3) is 10.9 Å². The maximum atomic E-state index is 4.20. The zero-order valence-electron chi connectivity index (χ0n) is 7.79. The number of benzene rings is 1. The molecular weight excluding hydrogens is 226 g/mol. The number of nitrogens with zero attached hydrogens (tertiary/aromatic N) is 1. The first-order valence-electron chi connectivity index (χ1n) is 4.36. The van der Waals surface area contributed by atoms with Crippen LogP contribution in [0.1, 0.15) is 13.8 Å². The normalized spacial score (nSPS) is 9.15. The fourth-order valence-electron chi connectivity index (χ4n) is 1.05. The van der Waals surface area contributed by atoms with Crippen LogP contribution in [0, 0.1) is 0 Å². The van der Waals surface area contributed by atoms with E-state index in [9.17, 15) is 0 Å². The molecule has 1 nitrogen and oxygen atoms in total. The molecule has 1 heterocycles. The second-order valence-electron chi connectivity index (χ2n) is 2.34. The molecule has 0 aliphatic heterocycles. The summed E-state index contributed by atoms with van der Waals surface area (Å²) in [5.74, 6) is 0. The Labute approximate surface area is 86.9 Å². The Morgan fingerprint density at radius 1 is 1.15 bits per heavy atom. The fourth-order valence-corrected chi connectivity index (χ4v) is 1.43. The van der Waals surface area contributed by atoms with E-state index in [1.54, 1.807) is 6.20 Å². The molecule has 0 fully saturated rings. The van der Waals surface area contributed by atoms with Gasteiger partial charge in [-0.15, -0.1) is 0 Å². The van der Waals surface area contributed by atoms with Crippen molar-refractivity contribution >= 4 is 26.8 Å². The van der Waals surface area contributed by atoms with Crippen molar-refractivity contribution in [2.24, 2.45) is 0 Å². The van der Waals surface area contributed by atoms with Gasteiger partial charge < -0.3 is 0 Å². The molecule has 1 aromatic carbocycles. The van der Waals surface area contributed by atoms with E-state index in [4.69, 9.17) is 0 Å². The quantitative estimate of drug-likeness (QED) is 0.675. The van der Waals surface area contributed by atoms with Gasteiger partial charge in [-0.3, -0.25) is 4.98 Å². The molecule has 0 saturated heterocycles. The van der Waals surface area contributed by atoms with Crippen molar-refractivity contribution in [1.82, 2.24) is 4.98 Å². The van der Waals surface area contributed by atoms with Crippen molar-refractivity contribution in [1.29, 1.82) is 0 Å². The van der Waals surface area contributed by atoms with Crippen molar-refractivity contribution in [3.8, 4) is 0 Å². The van der Waals surface area contributed by atoms with E-state index < -0.39 is 0 Å². The van der Waals surface area contributed by atoms with Gasteiger partial charge in [0.25, 0.3) is 0 Å². The molecule has 0 aliphatic rings. The molecule has 2 rings (SSSR count). The average molecular weight is 238 g/mol. The van der Waals surface area contributed by atoms with Gasteiger partial charge >= 0.3 is 0 Å². The maximum Gasteiger partial charge on any atom is 0.0702 e. The zero-order chi connectivity index (χ0) is 9.68. The van der Waals surface area contributed by atoms with Gasteiger partial charge in [-0.1, -0.05) is 35.8 Å². The predicted octanol–water partition coefficient (Wildman–Crippen LogP) is 4.02. The summed E-state index contributed by atoms with van der Waals surface area (Å²) in [7, 11) is 0. The highest BCUT2D eigenvalue weighted by molar-refractivity contribution is 9.10. The Bertz CT molecular complexity index is 385. The van der Waals surface area contributed by atoms with Gasteiger partial charge in [0.05, 0.1) is 5.52 Å². The molecule has 0 radical (unpaired) electrons. The lowest BCUT2D eigenvalue weighted by atomic mass is 10.2. The average Bonchev–Trinajstić information content (AvgIpc) is 2.21. The van der Waals surface area contributed by atoms with Crippen molar-refractivity contribution in [2.75, 3.05) is 0 Å². The van der Waals surface area contributed by atoms with Gasteiger partial charge in [-0.05, 0) is 24.3 Å². The molecule has 68 valence electrons. The molecule has 0 unspecified atom stereocenters. The first kappa shape index (κ1) is 10.2. The molecule has 2 aromatic rings. The van der Waals surface area contributed by atoms with Gasteiger partial charge in [0, 0.05) is 16.1 Å². The molecule has 0 aliphatic carbocycles. The van der Waals surface area contributed by atoms with E-state index in [1.807, 2.05) is 38.1 Å². The van der Waals surface area contributed by atoms with Crippen LogP contribution in [0.2, 0.25) is 0 Å². The molecule has 0 N–H and O–H groups in total. The van der Waals surface area contributed by atoms with Gasteiger partial charge in [-0.2, -0.15) is 0 Å². The Morgan fingerprint density at radius 2 is 1.92 bits per heavy atom. The van der Waals surface area contributed by atoms with E-state index in [0.717, 1.165) is 9.99 Å². The van der Waals surface area contributed by atoms with Gasteiger partial charge in [0.1, 0.15) is 0 Å². The first-order chi connectivity index (χ1) is 6.36. The largest absolute Gasteiger partial charge is 0.256 e. The molecule has 0 spiro atoms. The molecule has 2 heteroatoms. The fraction of sp³-hybridized carbons (Fsp3) is 0.182. The minimum absolute atomic E-state index is 1.04. The Kier molecular flexibility index (Phi) is 3.90. The molecule has 0 amide bonds. The molecule has 0 saturated carbocycles. The van der Waals surface area contributed by atoms with E-state index in [1.165, 1.54) is 5.39 Å². The smallest absolute Gasteiger partial charge is 0.0702 e. The SMILES string of the molecule is Brc1ccc2ncccc2c1.CC. The lowest BCUT2D eigenvalue weighted by molar-refractivity contribution is 1.41. The summed E-state index contributed by atoms with van der Waals surface area (Å²) in [4.78, 5) is 4.20. The first-order valence-corrected chi connectivity index (χ1v) is 5.16. The highest BCUT2D eigenvalue weighted by Gasteiger charge is 1.91. The van der Waals surface area contributed by atoms with E-state index in [2.05, 4.69) is 27.0 Å². The second kappa shape index (κ2) is 4.97. The van der Waals surface area contributed by atoms with Crippen LogP contribution in [0.4, 0.5) is 0 Å². The van der Waals surface area contributed by atoms with Crippen molar-refractivity contribution in [3.63, 3.8) is 0 Å². The number of aromatic nitrogens is 1. The van der Waals surface area contributed by atoms with E-state index in [-0.39, 0.29) is 0 Å². The van der Waals surface area contributed by atoms with Gasteiger partial charge in [-0.25, -0.2) is 0 Å². The third kappa shape index (κ3) is 2.52. The summed E-state index contributed by atoms with van der Waals surface area (Å²) in [6, 6.07) is 10.0. The number of halogens is 1. The summed E-state index contributed by atoms with van der Waals surface area (Å²) in [5.41, 5.74) is 1.04. The van der Waals surface area contributed by atoms with Crippen LogP contribution in [0.3, 0.4) is 0 Å². The number of pyridine rings is 1. The van der Waals surface area contributed by atoms with Crippen LogP contribution in [0.5, 0.6) is 0 Å². The monoisotopic (exact) mass is 237 g/mol. The van der Waals surface area contributed by atoms with Crippen LogP contribution in [0.15, 0.2) is 41.0 Å². The summed E-state index contributed by atoms with van der Waals surface area (Å²) in [6.07, 6.45) is 1.80. The zero-order valence-corrected chi connectivity index (χ0v) is 9.38. The number of rotatable bonds is 0. The number of hydrogen-bond donors (Lipinski definition) is 0. The summed E-state index contributed by atoms with van der Waals surface area (Å²) < 4.78 is 1.10. The van der Waals surface area contributed by atoms with Crippen LogP contribution >= 0.6 is 15.9 Å². The van der Waals surface area contributed by atoms with Crippen molar-refractivity contribution in [3.05, 3.63) is 41.0 Å². The molecular formula is C11H12BrN. The lowest BCUT2D eigenvalue weighted by Crippen LogP contribution is -1.75. The molecule has 1 aromatic heterocycles. The predicted molar refractivity (Wildman–Crippen MR) is 60.8 cm³/mol. The van der Waals surface area contributed by atoms with Gasteiger partial charge in [0.2, 0.25) is 0 Å². The molecule has 13 heavy (non-hydrogen) atoms. The van der Waals surface area contributed by atoms with Crippen molar-refractivity contribution in [2.45, 2.75) is 13.8 Å². The summed E-state index contributed by atoms with van der Waals surface area (Å²) >= 11 is 3.40.